The molecule has 0 spiro atoms. The molecule has 3 heteroatoms. The molecule has 2 bridgehead atoms. The molecule has 94 valence electrons. The number of aldehydes is 1. The summed E-state index contributed by atoms with van der Waals surface area (Å²) in [5, 5.41) is 0. The summed E-state index contributed by atoms with van der Waals surface area (Å²) >= 11 is 0. The molecule has 2 saturated heterocycles. The minimum absolute atomic E-state index is 0.0184. The zero-order valence-corrected chi connectivity index (χ0v) is 10.3. The monoisotopic (exact) mass is 243 g/mol. The molecule has 1 aromatic carbocycles. The summed E-state index contributed by atoms with van der Waals surface area (Å²) in [5.74, 6) is 0.0184. The van der Waals surface area contributed by atoms with Crippen molar-refractivity contribution in [3.63, 3.8) is 0 Å². The molecule has 0 radical (unpaired) electrons. The molecule has 0 aromatic heterocycles. The highest BCUT2D eigenvalue weighted by molar-refractivity contribution is 5.97. The standard InChI is InChI=1S/C15H17NO2/c17-11-15-9-4-7-13(8-10-15)16(15)14(18)12-5-2-1-3-6-12/h1-3,5-6,11,13H,4,7-10H2. The predicted molar refractivity (Wildman–Crippen MR) is 68.3 cm³/mol. The number of fused-ring (bicyclic) bond motifs is 2. The first-order chi connectivity index (χ1) is 8.77. The summed E-state index contributed by atoms with van der Waals surface area (Å²) < 4.78 is 0. The fourth-order valence-electron chi connectivity index (χ4n) is 3.45. The van der Waals surface area contributed by atoms with E-state index in [9.17, 15) is 9.59 Å². The van der Waals surface area contributed by atoms with Crippen molar-refractivity contribution in [2.75, 3.05) is 0 Å². The van der Waals surface area contributed by atoms with E-state index >= 15 is 0 Å². The number of hydrogen-bond donors (Lipinski definition) is 0. The Labute approximate surface area is 107 Å². The second-order valence-corrected chi connectivity index (χ2v) is 5.35. The molecule has 2 atom stereocenters. The van der Waals surface area contributed by atoms with Gasteiger partial charge in [0.2, 0.25) is 0 Å². The van der Waals surface area contributed by atoms with Gasteiger partial charge in [-0.25, -0.2) is 0 Å². The summed E-state index contributed by atoms with van der Waals surface area (Å²) in [4.78, 5) is 25.9. The van der Waals surface area contributed by atoms with Crippen molar-refractivity contribution in [2.24, 2.45) is 0 Å². The smallest absolute Gasteiger partial charge is 0.254 e. The van der Waals surface area contributed by atoms with Crippen LogP contribution in [0.4, 0.5) is 0 Å². The van der Waals surface area contributed by atoms with Gasteiger partial charge in [-0.2, -0.15) is 0 Å². The van der Waals surface area contributed by atoms with Gasteiger partial charge in [-0.15, -0.1) is 0 Å². The van der Waals surface area contributed by atoms with Crippen LogP contribution in [0.25, 0.3) is 0 Å². The van der Waals surface area contributed by atoms with E-state index in [1.54, 1.807) is 0 Å². The lowest BCUT2D eigenvalue weighted by atomic mass is 9.89. The molecule has 2 unspecified atom stereocenters. The number of rotatable bonds is 2. The Morgan fingerprint density at radius 1 is 1.22 bits per heavy atom. The lowest BCUT2D eigenvalue weighted by Gasteiger charge is -2.41. The molecule has 0 saturated carbocycles. The van der Waals surface area contributed by atoms with E-state index < -0.39 is 5.54 Å². The number of piperidine rings is 1. The van der Waals surface area contributed by atoms with Gasteiger partial charge in [0.25, 0.3) is 5.91 Å². The maximum absolute atomic E-state index is 12.6. The lowest BCUT2D eigenvalue weighted by molar-refractivity contribution is -0.118. The molecule has 3 nitrogen and oxygen atoms in total. The van der Waals surface area contributed by atoms with Crippen molar-refractivity contribution in [3.05, 3.63) is 35.9 Å². The zero-order chi connectivity index (χ0) is 12.6. The van der Waals surface area contributed by atoms with Crippen molar-refractivity contribution in [1.82, 2.24) is 4.90 Å². The van der Waals surface area contributed by atoms with Crippen LogP contribution in [0.3, 0.4) is 0 Å². The highest BCUT2D eigenvalue weighted by Crippen LogP contribution is 2.43. The number of amides is 1. The third-order valence-electron chi connectivity index (χ3n) is 4.36. The van der Waals surface area contributed by atoms with Crippen LogP contribution < -0.4 is 0 Å². The molecular formula is C15H17NO2. The topological polar surface area (TPSA) is 37.4 Å². The van der Waals surface area contributed by atoms with Gasteiger partial charge < -0.3 is 9.69 Å². The van der Waals surface area contributed by atoms with Gasteiger partial charge in [-0.05, 0) is 44.2 Å². The number of carbonyl (C=O) groups excluding carboxylic acids is 2. The van der Waals surface area contributed by atoms with Crippen LogP contribution in [0.2, 0.25) is 0 Å². The summed E-state index contributed by atoms with van der Waals surface area (Å²) in [6, 6.07) is 9.55. The van der Waals surface area contributed by atoms with Gasteiger partial charge in [-0.3, -0.25) is 4.79 Å². The molecule has 2 aliphatic heterocycles. The first kappa shape index (κ1) is 11.5. The lowest BCUT2D eigenvalue weighted by Crippen LogP contribution is -2.54. The normalized spacial score (nSPS) is 30.2. The van der Waals surface area contributed by atoms with Crippen LogP contribution in [0.15, 0.2) is 30.3 Å². The van der Waals surface area contributed by atoms with Crippen LogP contribution in [-0.2, 0) is 4.79 Å². The molecule has 1 aromatic rings. The maximum Gasteiger partial charge on any atom is 0.254 e. The third-order valence-corrected chi connectivity index (χ3v) is 4.36. The van der Waals surface area contributed by atoms with Gasteiger partial charge in [0.05, 0.1) is 5.54 Å². The number of carbonyl (C=O) groups is 2. The molecule has 3 rings (SSSR count). The van der Waals surface area contributed by atoms with Gasteiger partial charge in [0.1, 0.15) is 6.29 Å². The van der Waals surface area contributed by atoms with Crippen LogP contribution >= 0.6 is 0 Å². The summed E-state index contributed by atoms with van der Waals surface area (Å²) in [7, 11) is 0. The molecule has 18 heavy (non-hydrogen) atoms. The van der Waals surface area contributed by atoms with E-state index in [2.05, 4.69) is 0 Å². The highest BCUT2D eigenvalue weighted by atomic mass is 16.2. The summed E-state index contributed by atoms with van der Waals surface area (Å²) in [5.41, 5.74) is 0.174. The van der Waals surface area contributed by atoms with Gasteiger partial charge in [0, 0.05) is 11.6 Å². The average molecular weight is 243 g/mol. The van der Waals surface area contributed by atoms with E-state index in [4.69, 9.17) is 0 Å². The molecule has 2 fully saturated rings. The number of hydrogen-bond acceptors (Lipinski definition) is 2. The molecular weight excluding hydrogens is 226 g/mol. The fourth-order valence-corrected chi connectivity index (χ4v) is 3.45. The van der Waals surface area contributed by atoms with Gasteiger partial charge >= 0.3 is 0 Å². The highest BCUT2D eigenvalue weighted by Gasteiger charge is 2.51. The Hall–Kier alpha value is -1.64. The van der Waals surface area contributed by atoms with Gasteiger partial charge in [-0.1, -0.05) is 18.2 Å². The third kappa shape index (κ3) is 1.57. The van der Waals surface area contributed by atoms with Crippen LogP contribution in [0.5, 0.6) is 0 Å². The minimum Gasteiger partial charge on any atom is -0.323 e. The largest absolute Gasteiger partial charge is 0.323 e. The quantitative estimate of drug-likeness (QED) is 0.748. The molecule has 2 aliphatic rings. The average Bonchev–Trinajstić information content (AvgIpc) is 2.66. The van der Waals surface area contributed by atoms with Crippen molar-refractivity contribution in [3.8, 4) is 0 Å². The van der Waals surface area contributed by atoms with E-state index in [-0.39, 0.29) is 11.9 Å². The zero-order valence-electron chi connectivity index (χ0n) is 10.3. The maximum atomic E-state index is 12.6. The summed E-state index contributed by atoms with van der Waals surface area (Å²) in [6.07, 6.45) is 5.73. The fraction of sp³-hybridized carbons (Fsp3) is 0.467. The van der Waals surface area contributed by atoms with E-state index in [1.807, 2.05) is 35.2 Å². The van der Waals surface area contributed by atoms with Crippen LogP contribution in [0, 0.1) is 0 Å². The van der Waals surface area contributed by atoms with E-state index in [1.165, 1.54) is 0 Å². The van der Waals surface area contributed by atoms with E-state index in [0.29, 0.717) is 5.56 Å². The second-order valence-electron chi connectivity index (χ2n) is 5.35. The van der Waals surface area contributed by atoms with Crippen LogP contribution in [0.1, 0.15) is 42.5 Å². The first-order valence-electron chi connectivity index (χ1n) is 6.62. The van der Waals surface area contributed by atoms with Crippen molar-refractivity contribution in [2.45, 2.75) is 43.7 Å². The Kier molecular flexibility index (Phi) is 2.69. The molecule has 0 N–H and O–H groups in total. The van der Waals surface area contributed by atoms with Crippen molar-refractivity contribution < 1.29 is 9.59 Å². The SMILES string of the molecule is O=CC12CCCC(CC1)N2C(=O)c1ccccc1. The molecule has 2 heterocycles. The Bertz CT molecular complexity index is 467. The molecule has 1 amide bonds. The molecule has 0 aliphatic carbocycles. The minimum atomic E-state index is -0.518. The van der Waals surface area contributed by atoms with Crippen molar-refractivity contribution in [1.29, 1.82) is 0 Å². The first-order valence-corrected chi connectivity index (χ1v) is 6.62. The van der Waals surface area contributed by atoms with Crippen LogP contribution in [-0.4, -0.2) is 28.7 Å². The second kappa shape index (κ2) is 4.23. The predicted octanol–water partition coefficient (Wildman–Crippen LogP) is 2.41. The Morgan fingerprint density at radius 2 is 2.00 bits per heavy atom. The summed E-state index contributed by atoms with van der Waals surface area (Å²) in [6.45, 7) is 0. The van der Waals surface area contributed by atoms with Crippen molar-refractivity contribution >= 4 is 12.2 Å². The number of benzene rings is 1. The Morgan fingerprint density at radius 3 is 2.72 bits per heavy atom. The van der Waals surface area contributed by atoms with Gasteiger partial charge in [0.15, 0.2) is 0 Å². The number of nitrogens with zero attached hydrogens (tertiary/aromatic N) is 1. The Balaban J connectivity index is 1.96. The van der Waals surface area contributed by atoms with E-state index in [0.717, 1.165) is 38.4 Å².